The number of likely N-dealkylation sites (tertiary alicyclic amines) is 1. The highest BCUT2D eigenvalue weighted by atomic mass is 16.6. The van der Waals surface area contributed by atoms with Crippen LogP contribution in [0.5, 0.6) is 6.01 Å². The predicted octanol–water partition coefficient (Wildman–Crippen LogP) is 3.70. The lowest BCUT2D eigenvalue weighted by atomic mass is 9.80. The molecular weight excluding hydrogens is 528 g/mol. The van der Waals surface area contributed by atoms with Crippen molar-refractivity contribution in [3.8, 4) is 12.1 Å². The van der Waals surface area contributed by atoms with E-state index < -0.39 is 0 Å². The molecule has 1 amide bonds. The second-order valence-corrected chi connectivity index (χ2v) is 12.2. The highest BCUT2D eigenvalue weighted by Crippen LogP contribution is 2.39. The van der Waals surface area contributed by atoms with Gasteiger partial charge in [-0.3, -0.25) is 4.79 Å². The zero-order valence-corrected chi connectivity index (χ0v) is 24.2. The summed E-state index contributed by atoms with van der Waals surface area (Å²) in [6.45, 7) is 3.90. The summed E-state index contributed by atoms with van der Waals surface area (Å²) in [6, 6.07) is 18.1. The molecule has 0 radical (unpaired) electrons. The van der Waals surface area contributed by atoms with Gasteiger partial charge in [-0.2, -0.15) is 15.2 Å². The molecule has 4 heterocycles. The number of epoxide rings is 1. The van der Waals surface area contributed by atoms with Gasteiger partial charge in [-0.1, -0.05) is 42.5 Å². The molecule has 1 aromatic heterocycles. The Bertz CT molecular complexity index is 1510. The average Bonchev–Trinajstić information content (AvgIpc) is 3.80. The first-order valence-corrected chi connectivity index (χ1v) is 15.3. The number of hydrogen-bond donors (Lipinski definition) is 0. The molecule has 1 aliphatic carbocycles. The van der Waals surface area contributed by atoms with Gasteiger partial charge < -0.3 is 24.2 Å². The number of piperazine rings is 1. The first-order chi connectivity index (χ1) is 20.6. The Kier molecular flexibility index (Phi) is 7.43. The van der Waals surface area contributed by atoms with E-state index in [0.29, 0.717) is 50.8 Å². The summed E-state index contributed by atoms with van der Waals surface area (Å²) in [4.78, 5) is 29.4. The molecule has 4 atom stereocenters. The van der Waals surface area contributed by atoms with Crippen LogP contribution in [0.4, 0.5) is 5.82 Å². The summed E-state index contributed by atoms with van der Waals surface area (Å²) in [7, 11) is 2.15. The molecule has 42 heavy (non-hydrogen) atoms. The van der Waals surface area contributed by atoms with Gasteiger partial charge >= 0.3 is 6.01 Å². The van der Waals surface area contributed by atoms with Crippen LogP contribution in [0.2, 0.25) is 0 Å². The van der Waals surface area contributed by atoms with Crippen LogP contribution in [-0.4, -0.2) is 90.3 Å². The molecule has 4 aliphatic rings. The fraction of sp³-hybridized carbons (Fsp3) is 0.515. The van der Waals surface area contributed by atoms with Crippen LogP contribution in [0.25, 0.3) is 10.8 Å². The topological polar surface area (TPSA) is 98.1 Å². The van der Waals surface area contributed by atoms with Gasteiger partial charge in [0.25, 0.3) is 5.91 Å². The van der Waals surface area contributed by atoms with Crippen LogP contribution in [0.15, 0.2) is 42.5 Å². The zero-order chi connectivity index (χ0) is 28.6. The SMILES string of the molecule is CN1CCC[C@H]1COc1nc2c(c(N3CCN(C(=O)C4CO4)[C@@H](CC#N)C3)n1)CC[C@H](c1cccc3ccccc13)C2. The molecule has 3 fully saturated rings. The van der Waals surface area contributed by atoms with E-state index >= 15 is 0 Å². The van der Waals surface area contributed by atoms with E-state index in [4.69, 9.17) is 19.4 Å². The van der Waals surface area contributed by atoms with E-state index in [-0.39, 0.29) is 24.5 Å². The predicted molar refractivity (Wildman–Crippen MR) is 160 cm³/mol. The number of rotatable bonds is 7. The minimum absolute atomic E-state index is 0.00208. The Labute approximate surface area is 247 Å². The lowest BCUT2D eigenvalue weighted by Gasteiger charge is -2.42. The Morgan fingerprint density at radius 2 is 1.95 bits per heavy atom. The van der Waals surface area contributed by atoms with Gasteiger partial charge in [0.15, 0.2) is 6.10 Å². The second-order valence-electron chi connectivity index (χ2n) is 12.2. The Morgan fingerprint density at radius 1 is 1.10 bits per heavy atom. The van der Waals surface area contributed by atoms with Crippen molar-refractivity contribution >= 4 is 22.5 Å². The highest BCUT2D eigenvalue weighted by molar-refractivity contribution is 5.86. The molecule has 2 aromatic carbocycles. The van der Waals surface area contributed by atoms with Gasteiger partial charge in [-0.05, 0) is 68.0 Å². The van der Waals surface area contributed by atoms with Crippen LogP contribution < -0.4 is 9.64 Å². The van der Waals surface area contributed by atoms with E-state index in [1.54, 1.807) is 0 Å². The third kappa shape index (κ3) is 5.30. The van der Waals surface area contributed by atoms with E-state index in [0.717, 1.165) is 43.7 Å². The van der Waals surface area contributed by atoms with Gasteiger partial charge in [0, 0.05) is 31.2 Å². The van der Waals surface area contributed by atoms with E-state index in [9.17, 15) is 10.1 Å². The maximum atomic E-state index is 12.9. The van der Waals surface area contributed by atoms with E-state index in [1.807, 2.05) is 4.90 Å². The van der Waals surface area contributed by atoms with Gasteiger partial charge in [-0.15, -0.1) is 0 Å². The number of fused-ring (bicyclic) bond motifs is 2. The molecule has 3 aromatic rings. The summed E-state index contributed by atoms with van der Waals surface area (Å²) >= 11 is 0. The number of aromatic nitrogens is 2. The normalized spacial score (nSPS) is 25.7. The maximum absolute atomic E-state index is 12.9. The maximum Gasteiger partial charge on any atom is 0.318 e. The Morgan fingerprint density at radius 3 is 2.76 bits per heavy atom. The monoisotopic (exact) mass is 566 g/mol. The minimum atomic E-state index is -0.343. The summed E-state index contributed by atoms with van der Waals surface area (Å²) < 4.78 is 11.6. The molecule has 0 bridgehead atoms. The number of amides is 1. The van der Waals surface area contributed by atoms with Crippen LogP contribution in [0.1, 0.15) is 48.4 Å². The number of benzene rings is 2. The van der Waals surface area contributed by atoms with E-state index in [2.05, 4.69) is 65.4 Å². The largest absolute Gasteiger partial charge is 0.462 e. The molecule has 0 N–H and O–H groups in total. The third-order valence-electron chi connectivity index (χ3n) is 9.57. The third-order valence-corrected chi connectivity index (χ3v) is 9.57. The van der Waals surface area contributed by atoms with Crippen molar-refractivity contribution in [3.05, 3.63) is 59.3 Å². The Balaban J connectivity index is 1.20. The molecule has 9 nitrogen and oxygen atoms in total. The number of nitriles is 1. The van der Waals surface area contributed by atoms with Crippen LogP contribution in [-0.2, 0) is 22.4 Å². The molecule has 0 spiro atoms. The fourth-order valence-electron chi connectivity index (χ4n) is 7.13. The first-order valence-electron chi connectivity index (χ1n) is 15.3. The smallest absolute Gasteiger partial charge is 0.318 e. The fourth-order valence-corrected chi connectivity index (χ4v) is 7.13. The van der Waals surface area contributed by atoms with Crippen molar-refractivity contribution in [1.82, 2.24) is 19.8 Å². The minimum Gasteiger partial charge on any atom is -0.462 e. The van der Waals surface area contributed by atoms with Crippen LogP contribution >= 0.6 is 0 Å². The zero-order valence-electron chi connectivity index (χ0n) is 24.2. The van der Waals surface area contributed by atoms with Crippen molar-refractivity contribution < 1.29 is 14.3 Å². The second kappa shape index (κ2) is 11.5. The molecule has 218 valence electrons. The van der Waals surface area contributed by atoms with Gasteiger partial charge in [0.05, 0.1) is 30.8 Å². The lowest BCUT2D eigenvalue weighted by molar-refractivity contribution is -0.135. The van der Waals surface area contributed by atoms with Gasteiger partial charge in [0.2, 0.25) is 0 Å². The highest BCUT2D eigenvalue weighted by Gasteiger charge is 2.41. The van der Waals surface area contributed by atoms with Crippen molar-refractivity contribution in [2.75, 3.05) is 51.3 Å². The summed E-state index contributed by atoms with van der Waals surface area (Å²) in [5.41, 5.74) is 3.61. The number of carbonyl (C=O) groups is 1. The quantitative estimate of drug-likeness (QED) is 0.400. The average molecular weight is 567 g/mol. The first kappa shape index (κ1) is 27.1. The molecule has 9 heteroatoms. The van der Waals surface area contributed by atoms with Crippen LogP contribution in [0, 0.1) is 11.3 Å². The van der Waals surface area contributed by atoms with E-state index in [1.165, 1.54) is 28.3 Å². The standard InChI is InChI=1S/C33H38N6O3/c1-37-15-5-8-25(37)20-42-33-35-29-18-23(27-10-4-7-22-6-2-3-9-26(22)27)11-12-28(29)31(36-33)38-16-17-39(24(19-38)13-14-34)32(40)30-21-41-30/h2-4,6-7,9-10,23-25,30H,5,8,11-13,15-21H2,1H3/t23-,24-,25-,30?/m0/s1. The molecule has 3 aliphatic heterocycles. The molecular formula is C33H38N6O3. The molecule has 3 saturated heterocycles. The van der Waals surface area contributed by atoms with Crippen molar-refractivity contribution in [2.24, 2.45) is 0 Å². The van der Waals surface area contributed by atoms with Crippen LogP contribution in [0.3, 0.4) is 0 Å². The lowest BCUT2D eigenvalue weighted by Crippen LogP contribution is -2.56. The summed E-state index contributed by atoms with van der Waals surface area (Å²) in [5, 5.41) is 12.2. The molecule has 7 rings (SSSR count). The number of likely N-dealkylation sites (N-methyl/N-ethyl adjacent to an activating group) is 1. The number of hydrogen-bond acceptors (Lipinski definition) is 8. The van der Waals surface area contributed by atoms with Crippen molar-refractivity contribution in [3.63, 3.8) is 0 Å². The Hall–Kier alpha value is -3.74. The summed E-state index contributed by atoms with van der Waals surface area (Å²) in [5.74, 6) is 1.27. The number of nitrogens with zero attached hydrogens (tertiary/aromatic N) is 6. The van der Waals surface area contributed by atoms with Crippen molar-refractivity contribution in [2.45, 2.75) is 62.6 Å². The summed E-state index contributed by atoms with van der Waals surface area (Å²) in [6.07, 6.45) is 4.97. The van der Waals surface area contributed by atoms with Crippen molar-refractivity contribution in [1.29, 1.82) is 5.26 Å². The number of ether oxygens (including phenoxy) is 2. The van der Waals surface area contributed by atoms with Gasteiger partial charge in [-0.25, -0.2) is 0 Å². The van der Waals surface area contributed by atoms with Gasteiger partial charge in [0.1, 0.15) is 12.4 Å². The number of carbonyl (C=O) groups excluding carboxylic acids is 1. The number of anilines is 1. The molecule has 1 unspecified atom stereocenters. The molecule has 0 saturated carbocycles.